The number of rotatable bonds is 6. The van der Waals surface area contributed by atoms with Crippen molar-refractivity contribution in [2.24, 2.45) is 0 Å². The molecule has 2 N–H and O–H groups in total. The summed E-state index contributed by atoms with van der Waals surface area (Å²) in [7, 11) is 1.56. The molecule has 164 valence electrons. The van der Waals surface area contributed by atoms with Gasteiger partial charge in [-0.25, -0.2) is 0 Å². The van der Waals surface area contributed by atoms with Gasteiger partial charge in [0.1, 0.15) is 6.04 Å². The number of carbonyl (C=O) groups is 3. The lowest BCUT2D eigenvalue weighted by molar-refractivity contribution is -0.137. The Balaban J connectivity index is 1.50. The van der Waals surface area contributed by atoms with E-state index in [0.717, 1.165) is 31.6 Å². The predicted molar refractivity (Wildman–Crippen MR) is 113 cm³/mol. The minimum atomic E-state index is -0.440. The normalized spacial score (nSPS) is 24.5. The van der Waals surface area contributed by atoms with E-state index >= 15 is 0 Å². The van der Waals surface area contributed by atoms with Gasteiger partial charge in [0.05, 0.1) is 18.8 Å². The fraction of sp³-hybridized carbons (Fsp3) is 0.591. The molecule has 0 radical (unpaired) electrons. The molecule has 2 heterocycles. The molecule has 8 heteroatoms. The van der Waals surface area contributed by atoms with Crippen LogP contribution in [0.5, 0.6) is 0 Å². The van der Waals surface area contributed by atoms with Crippen LogP contribution in [0, 0.1) is 0 Å². The van der Waals surface area contributed by atoms with Gasteiger partial charge >= 0.3 is 0 Å². The maximum atomic E-state index is 12.5. The summed E-state index contributed by atoms with van der Waals surface area (Å²) in [5.74, 6) is -0.687. The first-order valence-electron chi connectivity index (χ1n) is 10.6. The van der Waals surface area contributed by atoms with Crippen LogP contribution in [0.1, 0.15) is 42.6 Å². The van der Waals surface area contributed by atoms with Gasteiger partial charge in [0, 0.05) is 38.8 Å². The highest BCUT2D eigenvalue weighted by molar-refractivity contribution is 5.97. The van der Waals surface area contributed by atoms with Gasteiger partial charge in [-0.3, -0.25) is 19.3 Å². The fourth-order valence-electron chi connectivity index (χ4n) is 4.30. The van der Waals surface area contributed by atoms with Crippen LogP contribution in [-0.4, -0.2) is 79.0 Å². The molecule has 30 heavy (non-hydrogen) atoms. The van der Waals surface area contributed by atoms with E-state index < -0.39 is 6.04 Å². The largest absolute Gasteiger partial charge is 0.373 e. The molecule has 2 aliphatic rings. The Bertz CT molecular complexity index is 757. The van der Waals surface area contributed by atoms with Crippen molar-refractivity contribution in [1.82, 2.24) is 20.4 Å². The zero-order valence-corrected chi connectivity index (χ0v) is 18.0. The maximum Gasteiger partial charge on any atom is 0.251 e. The van der Waals surface area contributed by atoms with Crippen LogP contribution in [0.3, 0.4) is 0 Å². The first-order chi connectivity index (χ1) is 14.4. The second-order valence-corrected chi connectivity index (χ2v) is 8.19. The molecule has 2 fully saturated rings. The number of likely N-dealkylation sites (N-methyl/N-ethyl adjacent to an activating group) is 1. The molecule has 2 saturated heterocycles. The number of benzene rings is 1. The minimum absolute atomic E-state index is 0.113. The number of nitrogens with zero attached hydrogens (tertiary/aromatic N) is 2. The maximum absolute atomic E-state index is 12.5. The highest BCUT2D eigenvalue weighted by atomic mass is 16.5. The van der Waals surface area contributed by atoms with Crippen molar-refractivity contribution in [2.45, 2.75) is 51.5 Å². The number of likely N-dealkylation sites (tertiary alicyclic amines) is 1. The predicted octanol–water partition coefficient (Wildman–Crippen LogP) is 0.763. The number of nitrogens with one attached hydrogen (secondary N) is 2. The molecular weight excluding hydrogens is 384 g/mol. The molecule has 8 nitrogen and oxygen atoms in total. The number of hydrogen-bond acceptors (Lipinski definition) is 5. The first-order valence-corrected chi connectivity index (χ1v) is 10.6. The summed E-state index contributed by atoms with van der Waals surface area (Å²) in [6, 6.07) is 7.02. The Kier molecular flexibility index (Phi) is 7.44. The molecule has 0 saturated carbocycles. The molecule has 1 aromatic rings. The quantitative estimate of drug-likeness (QED) is 0.715. The second-order valence-electron chi connectivity index (χ2n) is 8.19. The summed E-state index contributed by atoms with van der Waals surface area (Å²) in [5.41, 5.74) is 1.65. The van der Waals surface area contributed by atoms with Gasteiger partial charge in [0.25, 0.3) is 5.91 Å². The topological polar surface area (TPSA) is 91.0 Å². The Labute approximate surface area is 177 Å². The summed E-state index contributed by atoms with van der Waals surface area (Å²) >= 11 is 0. The van der Waals surface area contributed by atoms with Crippen LogP contribution in [0.2, 0.25) is 0 Å². The van der Waals surface area contributed by atoms with E-state index in [1.807, 2.05) is 12.1 Å². The van der Waals surface area contributed by atoms with Crippen LogP contribution in [0.25, 0.3) is 0 Å². The zero-order chi connectivity index (χ0) is 21.7. The molecule has 2 aliphatic heterocycles. The minimum Gasteiger partial charge on any atom is -0.373 e. The highest BCUT2D eigenvalue weighted by Gasteiger charge is 2.33. The van der Waals surface area contributed by atoms with Crippen LogP contribution < -0.4 is 10.6 Å². The summed E-state index contributed by atoms with van der Waals surface area (Å²) in [6.07, 6.45) is 1.88. The van der Waals surface area contributed by atoms with Gasteiger partial charge in [-0.2, -0.15) is 0 Å². The SMILES string of the molecule is CNC(=O)C1CCCN1C(=O)CNC(=O)c1ccc(CN2CC(C)OC(C)C2)cc1. The van der Waals surface area contributed by atoms with Crippen molar-refractivity contribution in [3.63, 3.8) is 0 Å². The molecule has 0 aliphatic carbocycles. The van der Waals surface area contributed by atoms with E-state index in [0.29, 0.717) is 18.5 Å². The van der Waals surface area contributed by atoms with E-state index in [9.17, 15) is 14.4 Å². The van der Waals surface area contributed by atoms with Gasteiger partial charge in [-0.05, 0) is 44.4 Å². The standard InChI is InChI=1S/C22H32N4O4/c1-15-12-25(13-16(2)30-15)14-17-6-8-18(9-7-17)21(28)24-11-20(27)26-10-4-5-19(26)22(29)23-3/h6-9,15-16,19H,4-5,10-14H2,1-3H3,(H,23,29)(H,24,28). The Hall–Kier alpha value is -2.45. The van der Waals surface area contributed by atoms with Gasteiger partial charge in [-0.1, -0.05) is 12.1 Å². The van der Waals surface area contributed by atoms with Gasteiger partial charge in [0.15, 0.2) is 0 Å². The van der Waals surface area contributed by atoms with E-state index in [1.165, 1.54) is 0 Å². The van der Waals surface area contributed by atoms with Crippen molar-refractivity contribution in [2.75, 3.05) is 33.2 Å². The molecular formula is C22H32N4O4. The molecule has 0 spiro atoms. The van der Waals surface area contributed by atoms with E-state index in [2.05, 4.69) is 29.4 Å². The third kappa shape index (κ3) is 5.58. The van der Waals surface area contributed by atoms with Crippen LogP contribution >= 0.6 is 0 Å². The van der Waals surface area contributed by atoms with E-state index in [4.69, 9.17) is 4.74 Å². The average molecular weight is 417 g/mol. The first kappa shape index (κ1) is 22.2. The summed E-state index contributed by atoms with van der Waals surface area (Å²) in [4.78, 5) is 40.7. The van der Waals surface area contributed by atoms with Crippen LogP contribution in [0.4, 0.5) is 0 Å². The Morgan fingerprint density at radius 2 is 1.77 bits per heavy atom. The summed E-state index contributed by atoms with van der Waals surface area (Å²) in [5, 5.41) is 5.27. The molecule has 3 unspecified atom stereocenters. The molecule has 0 aromatic heterocycles. The van der Waals surface area contributed by atoms with Gasteiger partial charge < -0.3 is 20.3 Å². The van der Waals surface area contributed by atoms with Crippen LogP contribution in [-0.2, 0) is 20.9 Å². The third-order valence-electron chi connectivity index (χ3n) is 5.64. The van der Waals surface area contributed by atoms with Crippen molar-refractivity contribution in [1.29, 1.82) is 0 Å². The number of ether oxygens (including phenoxy) is 1. The lowest BCUT2D eigenvalue weighted by Gasteiger charge is -2.35. The smallest absolute Gasteiger partial charge is 0.251 e. The molecule has 3 atom stereocenters. The van der Waals surface area contributed by atoms with Crippen molar-refractivity contribution < 1.29 is 19.1 Å². The lowest BCUT2D eigenvalue weighted by atomic mass is 10.1. The van der Waals surface area contributed by atoms with Crippen molar-refractivity contribution in [3.8, 4) is 0 Å². The van der Waals surface area contributed by atoms with Gasteiger partial charge in [-0.15, -0.1) is 0 Å². The number of amides is 3. The third-order valence-corrected chi connectivity index (χ3v) is 5.64. The molecule has 3 amide bonds. The van der Waals surface area contributed by atoms with Gasteiger partial charge in [0.2, 0.25) is 11.8 Å². The lowest BCUT2D eigenvalue weighted by Crippen LogP contribution is -2.48. The monoisotopic (exact) mass is 416 g/mol. The summed E-state index contributed by atoms with van der Waals surface area (Å²) in [6.45, 7) is 7.18. The van der Waals surface area contributed by atoms with E-state index in [1.54, 1.807) is 24.1 Å². The molecule has 0 bridgehead atoms. The second kappa shape index (κ2) is 10.0. The molecule has 3 rings (SSSR count). The number of carbonyl (C=O) groups excluding carboxylic acids is 3. The summed E-state index contributed by atoms with van der Waals surface area (Å²) < 4.78 is 5.77. The Morgan fingerprint density at radius 3 is 2.40 bits per heavy atom. The number of morpholine rings is 1. The van der Waals surface area contributed by atoms with Crippen LogP contribution in [0.15, 0.2) is 24.3 Å². The number of hydrogen-bond donors (Lipinski definition) is 2. The zero-order valence-electron chi connectivity index (χ0n) is 18.0. The molecule has 1 aromatic carbocycles. The highest BCUT2D eigenvalue weighted by Crippen LogP contribution is 2.17. The fourth-order valence-corrected chi connectivity index (χ4v) is 4.30. The Morgan fingerprint density at radius 1 is 1.10 bits per heavy atom. The van der Waals surface area contributed by atoms with Crippen molar-refractivity contribution >= 4 is 17.7 Å². The average Bonchev–Trinajstić information content (AvgIpc) is 3.21. The van der Waals surface area contributed by atoms with E-state index in [-0.39, 0.29) is 36.5 Å². The van der Waals surface area contributed by atoms with Crippen molar-refractivity contribution in [3.05, 3.63) is 35.4 Å².